The van der Waals surface area contributed by atoms with E-state index in [0.717, 1.165) is 12.5 Å². The lowest BCUT2D eigenvalue weighted by atomic mass is 9.99. The molecule has 0 spiro atoms. The van der Waals surface area contributed by atoms with Gasteiger partial charge in [-0.25, -0.2) is 0 Å². The maximum Gasteiger partial charge on any atom is 0.0292 e. The Morgan fingerprint density at radius 3 is 2.19 bits per heavy atom. The molecule has 1 N–H and O–H groups in total. The number of hydrogen-bond donors (Lipinski definition) is 1. The molecular weight excluding hydrogens is 256 g/mol. The van der Waals surface area contributed by atoms with Crippen LogP contribution in [0.4, 0.5) is 0 Å². The molecule has 1 heterocycles. The van der Waals surface area contributed by atoms with E-state index < -0.39 is 0 Å². The van der Waals surface area contributed by atoms with Gasteiger partial charge in [-0.1, -0.05) is 45.0 Å². The zero-order valence-electron chi connectivity index (χ0n) is 14.2. The molecule has 0 saturated carbocycles. The highest BCUT2D eigenvalue weighted by Crippen LogP contribution is 2.19. The first-order valence-corrected chi connectivity index (χ1v) is 8.62. The number of benzene rings is 1. The van der Waals surface area contributed by atoms with Crippen LogP contribution in [0.15, 0.2) is 24.3 Å². The molecule has 2 rings (SSSR count). The average Bonchev–Trinajstić information content (AvgIpc) is 2.49. The number of likely N-dealkylation sites (tertiary alicyclic amines) is 1. The Labute approximate surface area is 130 Å². The molecule has 1 aromatic rings. The van der Waals surface area contributed by atoms with Gasteiger partial charge in [-0.2, -0.15) is 0 Å². The van der Waals surface area contributed by atoms with E-state index >= 15 is 0 Å². The van der Waals surface area contributed by atoms with Crippen molar-refractivity contribution >= 4 is 0 Å². The van der Waals surface area contributed by atoms with Crippen LogP contribution in [0, 0.1) is 5.92 Å². The molecule has 0 amide bonds. The molecule has 21 heavy (non-hydrogen) atoms. The second kappa shape index (κ2) is 7.95. The monoisotopic (exact) mass is 288 g/mol. The van der Waals surface area contributed by atoms with E-state index in [1.54, 1.807) is 0 Å². The number of piperidine rings is 1. The van der Waals surface area contributed by atoms with Crippen LogP contribution in [0.25, 0.3) is 0 Å². The predicted molar refractivity (Wildman–Crippen MR) is 91.8 cm³/mol. The minimum atomic E-state index is 0.440. The van der Waals surface area contributed by atoms with Crippen LogP contribution < -0.4 is 5.32 Å². The van der Waals surface area contributed by atoms with Gasteiger partial charge < -0.3 is 10.2 Å². The minimum absolute atomic E-state index is 0.440. The topological polar surface area (TPSA) is 15.3 Å². The fourth-order valence-corrected chi connectivity index (χ4v) is 3.01. The van der Waals surface area contributed by atoms with E-state index in [2.05, 4.69) is 62.2 Å². The maximum atomic E-state index is 3.66. The van der Waals surface area contributed by atoms with E-state index in [9.17, 15) is 0 Å². The number of nitrogens with one attached hydrogen (secondary N) is 1. The molecule has 1 saturated heterocycles. The normalized spacial score (nSPS) is 19.1. The van der Waals surface area contributed by atoms with Gasteiger partial charge in [0.1, 0.15) is 0 Å². The summed E-state index contributed by atoms with van der Waals surface area (Å²) in [6.07, 6.45) is 2.73. The zero-order valence-corrected chi connectivity index (χ0v) is 14.2. The Morgan fingerprint density at radius 1 is 1.05 bits per heavy atom. The second-order valence-electron chi connectivity index (χ2n) is 7.02. The molecule has 1 aromatic carbocycles. The molecule has 1 aliphatic rings. The van der Waals surface area contributed by atoms with Crippen LogP contribution >= 0.6 is 0 Å². The first-order valence-electron chi connectivity index (χ1n) is 8.62. The SMILES string of the molecule is CC1CCN(CCNC(C)c2ccc(C(C)C)cc2)CC1. The summed E-state index contributed by atoms with van der Waals surface area (Å²) >= 11 is 0. The van der Waals surface area contributed by atoms with Gasteiger partial charge in [-0.05, 0) is 55.8 Å². The second-order valence-corrected chi connectivity index (χ2v) is 7.02. The van der Waals surface area contributed by atoms with Gasteiger partial charge in [0.25, 0.3) is 0 Å². The van der Waals surface area contributed by atoms with Crippen LogP contribution in [-0.2, 0) is 0 Å². The highest BCUT2D eigenvalue weighted by molar-refractivity contribution is 5.26. The molecule has 0 bridgehead atoms. The van der Waals surface area contributed by atoms with Crippen molar-refractivity contribution in [3.05, 3.63) is 35.4 Å². The van der Waals surface area contributed by atoms with Crippen molar-refractivity contribution in [2.45, 2.75) is 52.5 Å². The third-order valence-corrected chi connectivity index (χ3v) is 4.86. The van der Waals surface area contributed by atoms with Gasteiger partial charge in [0.05, 0.1) is 0 Å². The first-order chi connectivity index (χ1) is 10.1. The summed E-state index contributed by atoms with van der Waals surface area (Å²) in [5.74, 6) is 1.54. The van der Waals surface area contributed by atoms with Gasteiger partial charge in [0, 0.05) is 19.1 Å². The highest BCUT2D eigenvalue weighted by Gasteiger charge is 2.15. The van der Waals surface area contributed by atoms with Gasteiger partial charge in [-0.3, -0.25) is 0 Å². The average molecular weight is 288 g/mol. The largest absolute Gasteiger partial charge is 0.309 e. The van der Waals surface area contributed by atoms with Crippen molar-refractivity contribution in [1.82, 2.24) is 10.2 Å². The molecule has 0 aliphatic carbocycles. The quantitative estimate of drug-likeness (QED) is 0.844. The van der Waals surface area contributed by atoms with Crippen LogP contribution in [0.1, 0.15) is 63.6 Å². The van der Waals surface area contributed by atoms with Crippen molar-refractivity contribution in [3.8, 4) is 0 Å². The maximum absolute atomic E-state index is 3.66. The Bertz CT molecular complexity index is 402. The van der Waals surface area contributed by atoms with E-state index in [0.29, 0.717) is 12.0 Å². The minimum Gasteiger partial charge on any atom is -0.309 e. The van der Waals surface area contributed by atoms with E-state index in [1.807, 2.05) is 0 Å². The summed E-state index contributed by atoms with van der Waals surface area (Å²) in [5.41, 5.74) is 2.82. The summed E-state index contributed by atoms with van der Waals surface area (Å²) in [6, 6.07) is 9.52. The van der Waals surface area contributed by atoms with Gasteiger partial charge in [-0.15, -0.1) is 0 Å². The summed E-state index contributed by atoms with van der Waals surface area (Å²) in [7, 11) is 0. The van der Waals surface area contributed by atoms with Crippen LogP contribution in [0.3, 0.4) is 0 Å². The fourth-order valence-electron chi connectivity index (χ4n) is 3.01. The number of hydrogen-bond acceptors (Lipinski definition) is 2. The lowest BCUT2D eigenvalue weighted by Crippen LogP contribution is -2.38. The molecule has 1 aliphatic heterocycles. The van der Waals surface area contributed by atoms with Crippen molar-refractivity contribution in [2.24, 2.45) is 5.92 Å². The zero-order chi connectivity index (χ0) is 15.2. The molecular formula is C19H32N2. The molecule has 118 valence electrons. The molecule has 1 atom stereocenters. The first kappa shape index (κ1) is 16.5. The number of rotatable bonds is 6. The van der Waals surface area contributed by atoms with Gasteiger partial charge in [0.2, 0.25) is 0 Å². The summed E-state index contributed by atoms with van der Waals surface area (Å²) in [5, 5.41) is 3.66. The Kier molecular flexibility index (Phi) is 6.25. The van der Waals surface area contributed by atoms with E-state index in [-0.39, 0.29) is 0 Å². The fraction of sp³-hybridized carbons (Fsp3) is 0.684. The Balaban J connectivity index is 1.72. The summed E-state index contributed by atoms with van der Waals surface area (Å²) in [6.45, 7) is 14.0. The molecule has 1 unspecified atom stereocenters. The smallest absolute Gasteiger partial charge is 0.0292 e. The molecule has 2 heteroatoms. The van der Waals surface area contributed by atoms with Crippen molar-refractivity contribution in [3.63, 3.8) is 0 Å². The highest BCUT2D eigenvalue weighted by atomic mass is 15.1. The van der Waals surface area contributed by atoms with Crippen LogP contribution in [0.5, 0.6) is 0 Å². The van der Waals surface area contributed by atoms with Gasteiger partial charge in [0.15, 0.2) is 0 Å². The van der Waals surface area contributed by atoms with Crippen molar-refractivity contribution in [1.29, 1.82) is 0 Å². The van der Waals surface area contributed by atoms with Crippen LogP contribution in [0.2, 0.25) is 0 Å². The van der Waals surface area contributed by atoms with Crippen molar-refractivity contribution in [2.75, 3.05) is 26.2 Å². The molecule has 0 radical (unpaired) electrons. The number of nitrogens with zero attached hydrogens (tertiary/aromatic N) is 1. The lowest BCUT2D eigenvalue weighted by Gasteiger charge is -2.30. The van der Waals surface area contributed by atoms with Crippen molar-refractivity contribution < 1.29 is 0 Å². The summed E-state index contributed by atoms with van der Waals surface area (Å²) < 4.78 is 0. The molecule has 0 aromatic heterocycles. The van der Waals surface area contributed by atoms with E-state index in [4.69, 9.17) is 0 Å². The van der Waals surface area contributed by atoms with E-state index in [1.165, 1.54) is 43.6 Å². The standard InChI is InChI=1S/C19H32N2/c1-15(2)18-5-7-19(8-6-18)17(4)20-11-14-21-12-9-16(3)10-13-21/h5-8,15-17,20H,9-14H2,1-4H3. The van der Waals surface area contributed by atoms with Crippen LogP contribution in [-0.4, -0.2) is 31.1 Å². The lowest BCUT2D eigenvalue weighted by molar-refractivity contribution is 0.191. The third kappa shape index (κ3) is 5.12. The molecule has 2 nitrogen and oxygen atoms in total. The third-order valence-electron chi connectivity index (χ3n) is 4.86. The predicted octanol–water partition coefficient (Wildman–Crippen LogP) is 4.19. The van der Waals surface area contributed by atoms with Gasteiger partial charge >= 0.3 is 0 Å². The summed E-state index contributed by atoms with van der Waals surface area (Å²) in [4.78, 5) is 2.60. The Hall–Kier alpha value is -0.860. The Morgan fingerprint density at radius 2 is 1.62 bits per heavy atom. The molecule has 1 fully saturated rings.